The summed E-state index contributed by atoms with van der Waals surface area (Å²) < 4.78 is 37.1. The molecule has 0 saturated carbocycles. The molecule has 0 bridgehead atoms. The standard InChI is InChI=1S/C33H53IN10O16S/c34-19-29(49)35-13-2-1-5-21(31(51)52)39-30(50)20-60-17-16-59-15-14-36-25(45)11-9-22(32(53)54)38-27(47)12-10-23(33(55)56)37-26(46)8-4-18-61(57,58)42-28(48)7-3-6-24-40-43-44-41-24/h21-23H,1-20H2,(H,35,49)(H,36,45)(H,37,46)(H,38,47)(H,39,50)(H,42,48)(H,51,52)(H,53,54)(H,55,56)(H,40,41,43,44). The van der Waals surface area contributed by atoms with Crippen molar-refractivity contribution in [1.82, 2.24) is 51.9 Å². The van der Waals surface area contributed by atoms with Gasteiger partial charge in [0.05, 0.1) is 30.0 Å². The van der Waals surface area contributed by atoms with E-state index < -0.39 is 107 Å². The highest BCUT2D eigenvalue weighted by Gasteiger charge is 2.25. The molecule has 0 aromatic carbocycles. The molecule has 0 radical (unpaired) electrons. The van der Waals surface area contributed by atoms with Gasteiger partial charge < -0.3 is 51.4 Å². The fourth-order valence-electron chi connectivity index (χ4n) is 4.98. The number of nitrogens with one attached hydrogen (secondary N) is 7. The maximum atomic E-state index is 12.4. The number of rotatable bonds is 35. The monoisotopic (exact) mass is 1000 g/mol. The summed E-state index contributed by atoms with van der Waals surface area (Å²) in [5.74, 6) is -8.14. The third-order valence-corrected chi connectivity index (χ3v) is 10.1. The second kappa shape index (κ2) is 30.9. The lowest BCUT2D eigenvalue weighted by atomic mass is 10.1. The SMILES string of the molecule is O=C(CI)NCCCCC(NC(=O)COCCOCCNC(=O)CCC(NC(=O)CCC(NC(=O)CCCS(=O)(=O)NC(=O)CCCc1nnn[nH]1)C(=O)O)C(=O)O)C(=O)O. The van der Waals surface area contributed by atoms with Crippen LogP contribution in [0.4, 0.5) is 0 Å². The summed E-state index contributed by atoms with van der Waals surface area (Å²) in [5, 5.41) is 53.1. The molecule has 0 aliphatic rings. The number of H-pyrrole nitrogens is 1. The Morgan fingerprint density at radius 2 is 1.18 bits per heavy atom. The first-order valence-corrected chi connectivity index (χ1v) is 22.2. The predicted octanol–water partition coefficient (Wildman–Crippen LogP) is -3.11. The van der Waals surface area contributed by atoms with Gasteiger partial charge in [0, 0.05) is 45.2 Å². The largest absolute Gasteiger partial charge is 0.480 e. The van der Waals surface area contributed by atoms with Crippen molar-refractivity contribution in [3.05, 3.63) is 5.82 Å². The van der Waals surface area contributed by atoms with Gasteiger partial charge in [-0.25, -0.2) is 27.9 Å². The topological polar surface area (TPSA) is 394 Å². The number of aliphatic carboxylic acids is 3. The first-order valence-electron chi connectivity index (χ1n) is 19.0. The molecule has 3 atom stereocenters. The number of hydrogen-bond donors (Lipinski definition) is 10. The first kappa shape index (κ1) is 53.9. The van der Waals surface area contributed by atoms with Crippen molar-refractivity contribution in [3.63, 3.8) is 0 Å². The van der Waals surface area contributed by atoms with Crippen LogP contribution in [-0.4, -0.2) is 166 Å². The van der Waals surface area contributed by atoms with Gasteiger partial charge in [-0.15, -0.1) is 5.10 Å². The van der Waals surface area contributed by atoms with Crippen molar-refractivity contribution in [3.8, 4) is 0 Å². The van der Waals surface area contributed by atoms with E-state index in [4.69, 9.17) is 9.47 Å². The highest BCUT2D eigenvalue weighted by molar-refractivity contribution is 14.1. The molecule has 1 heterocycles. The molecule has 1 rings (SSSR count). The average molecular weight is 1000 g/mol. The highest BCUT2D eigenvalue weighted by Crippen LogP contribution is 2.05. The minimum Gasteiger partial charge on any atom is -0.480 e. The quantitative estimate of drug-likeness (QED) is 0.0183. The molecule has 26 nitrogen and oxygen atoms in total. The highest BCUT2D eigenvalue weighted by atomic mass is 127. The lowest BCUT2D eigenvalue weighted by Crippen LogP contribution is -2.44. The molecule has 0 saturated heterocycles. The summed E-state index contributed by atoms with van der Waals surface area (Å²) in [7, 11) is -4.09. The maximum Gasteiger partial charge on any atom is 0.326 e. The van der Waals surface area contributed by atoms with Gasteiger partial charge in [0.2, 0.25) is 45.5 Å². The zero-order chi connectivity index (χ0) is 45.6. The Morgan fingerprint density at radius 3 is 1.79 bits per heavy atom. The van der Waals surface area contributed by atoms with Crippen molar-refractivity contribution in [1.29, 1.82) is 0 Å². The Kier molecular flexibility index (Phi) is 27.3. The molecule has 0 aliphatic carbocycles. The van der Waals surface area contributed by atoms with E-state index in [-0.39, 0.29) is 70.8 Å². The molecule has 0 spiro atoms. The Bertz CT molecular complexity index is 1700. The van der Waals surface area contributed by atoms with E-state index in [2.05, 4.69) is 47.2 Å². The predicted molar refractivity (Wildman–Crippen MR) is 216 cm³/mol. The molecule has 61 heavy (non-hydrogen) atoms. The number of aryl methyl sites for hydroxylation is 1. The molecule has 3 unspecified atom stereocenters. The summed E-state index contributed by atoms with van der Waals surface area (Å²) in [6.07, 6.45) is -0.635. The Morgan fingerprint density at radius 1 is 0.623 bits per heavy atom. The molecule has 1 aromatic heterocycles. The minimum absolute atomic E-state index is 0.0173. The zero-order valence-electron chi connectivity index (χ0n) is 33.2. The van der Waals surface area contributed by atoms with Gasteiger partial charge in [0.15, 0.2) is 0 Å². The Labute approximate surface area is 363 Å². The van der Waals surface area contributed by atoms with Crippen LogP contribution in [0.2, 0.25) is 0 Å². The number of carboxylic acids is 3. The molecule has 1 aromatic rings. The van der Waals surface area contributed by atoms with Crippen LogP contribution in [0.5, 0.6) is 0 Å². The van der Waals surface area contributed by atoms with Crippen LogP contribution in [0.25, 0.3) is 0 Å². The molecular weight excluding hydrogens is 951 g/mol. The fraction of sp³-hybridized carbons (Fsp3) is 0.697. The number of sulfonamides is 1. The Hall–Kier alpha value is -5.10. The lowest BCUT2D eigenvalue weighted by molar-refractivity contribution is -0.143. The summed E-state index contributed by atoms with van der Waals surface area (Å²) in [6.45, 7) is 0.0631. The van der Waals surface area contributed by atoms with Gasteiger partial charge in [-0.3, -0.25) is 33.5 Å². The average Bonchev–Trinajstić information content (AvgIpc) is 3.71. The van der Waals surface area contributed by atoms with Crippen molar-refractivity contribution in [2.45, 2.75) is 95.2 Å². The van der Waals surface area contributed by atoms with Gasteiger partial charge in [-0.1, -0.05) is 22.6 Å². The summed E-state index contributed by atoms with van der Waals surface area (Å²) in [6, 6.07) is -4.18. The molecule has 10 N–H and O–H groups in total. The third-order valence-electron chi connectivity index (χ3n) is 8.05. The fourth-order valence-corrected chi connectivity index (χ4v) is 6.32. The van der Waals surface area contributed by atoms with Crippen LogP contribution in [0.1, 0.15) is 76.5 Å². The van der Waals surface area contributed by atoms with Crippen LogP contribution in [0.3, 0.4) is 0 Å². The number of nitrogens with zero attached hydrogens (tertiary/aromatic N) is 3. The van der Waals surface area contributed by atoms with E-state index in [9.17, 15) is 66.9 Å². The number of tetrazole rings is 1. The number of amides is 6. The van der Waals surface area contributed by atoms with Crippen molar-refractivity contribution in [2.75, 3.05) is 49.7 Å². The normalized spacial score (nSPS) is 12.5. The van der Waals surface area contributed by atoms with Gasteiger partial charge >= 0.3 is 17.9 Å². The van der Waals surface area contributed by atoms with Gasteiger partial charge in [0.25, 0.3) is 0 Å². The molecule has 6 amide bonds. The summed E-state index contributed by atoms with van der Waals surface area (Å²) in [4.78, 5) is 107. The van der Waals surface area contributed by atoms with Crippen LogP contribution >= 0.6 is 22.6 Å². The number of hydrogen-bond acceptors (Lipinski definition) is 16. The third kappa shape index (κ3) is 27.4. The van der Waals surface area contributed by atoms with Gasteiger partial charge in [0.1, 0.15) is 30.6 Å². The van der Waals surface area contributed by atoms with Gasteiger partial charge in [-0.2, -0.15) is 0 Å². The number of carbonyl (C=O) groups excluding carboxylic acids is 6. The van der Waals surface area contributed by atoms with E-state index in [1.165, 1.54) is 0 Å². The number of aromatic nitrogens is 4. The molecule has 0 fully saturated rings. The Balaban J connectivity index is 2.27. The van der Waals surface area contributed by atoms with Crippen LogP contribution in [-0.2, 0) is 69.1 Å². The smallest absolute Gasteiger partial charge is 0.326 e. The van der Waals surface area contributed by atoms with E-state index in [0.29, 0.717) is 36.1 Å². The van der Waals surface area contributed by atoms with Crippen molar-refractivity contribution >= 4 is 86.0 Å². The number of carboxylic acid groups (broad SMARTS) is 3. The molecule has 344 valence electrons. The van der Waals surface area contributed by atoms with E-state index >= 15 is 0 Å². The van der Waals surface area contributed by atoms with E-state index in [0.717, 1.165) is 0 Å². The number of alkyl halides is 1. The van der Waals surface area contributed by atoms with Crippen molar-refractivity contribution < 1.29 is 76.4 Å². The summed E-state index contributed by atoms with van der Waals surface area (Å²) >= 11 is 1.92. The van der Waals surface area contributed by atoms with E-state index in [1.807, 2.05) is 27.3 Å². The van der Waals surface area contributed by atoms with Gasteiger partial charge in [-0.05, 0) is 55.4 Å². The van der Waals surface area contributed by atoms with Crippen LogP contribution in [0, 0.1) is 0 Å². The number of unbranched alkanes of at least 4 members (excludes halogenated alkanes) is 1. The number of halogens is 1. The molecule has 28 heteroatoms. The molecular formula is C33H53IN10O16S. The zero-order valence-corrected chi connectivity index (χ0v) is 36.1. The maximum absolute atomic E-state index is 12.4. The number of aromatic amines is 1. The summed E-state index contributed by atoms with van der Waals surface area (Å²) in [5.41, 5.74) is 0. The minimum atomic E-state index is -4.09. The number of ether oxygens (including phenoxy) is 2. The second-order valence-electron chi connectivity index (χ2n) is 13.1. The van der Waals surface area contributed by atoms with Crippen LogP contribution < -0.4 is 31.3 Å². The second-order valence-corrected chi connectivity index (χ2v) is 15.7. The van der Waals surface area contributed by atoms with Crippen LogP contribution in [0.15, 0.2) is 0 Å². The molecule has 0 aliphatic heterocycles. The lowest BCUT2D eigenvalue weighted by Gasteiger charge is -2.17. The van der Waals surface area contributed by atoms with E-state index in [1.54, 1.807) is 0 Å². The first-order chi connectivity index (χ1) is 28.9. The van der Waals surface area contributed by atoms with Crippen molar-refractivity contribution in [2.24, 2.45) is 0 Å². The number of carbonyl (C=O) groups is 9.